The summed E-state index contributed by atoms with van der Waals surface area (Å²) in [7, 11) is 0. The Hall–Kier alpha value is -2.67. The standard InChI is InChI=1S/C22H25FN4OS/c1-3-4-5-21(28)24-14-20-25-26-22(27(20)19-12-6-16(2)7-13-19)29-15-17-8-10-18(23)11-9-17/h6-13H,3-5,14-15H2,1-2H3,(H,24,28). The number of aryl methyl sites for hydroxylation is 1. The van der Waals surface area contributed by atoms with E-state index in [0.717, 1.165) is 34.8 Å². The minimum Gasteiger partial charge on any atom is -0.349 e. The fourth-order valence-electron chi connectivity index (χ4n) is 2.79. The number of nitrogens with zero attached hydrogens (tertiary/aromatic N) is 3. The van der Waals surface area contributed by atoms with Crippen LogP contribution in [-0.2, 0) is 17.1 Å². The molecule has 152 valence electrons. The number of unbranched alkanes of at least 4 members (excludes halogenated alkanes) is 1. The van der Waals surface area contributed by atoms with Crippen molar-refractivity contribution < 1.29 is 9.18 Å². The van der Waals surface area contributed by atoms with Gasteiger partial charge < -0.3 is 5.32 Å². The summed E-state index contributed by atoms with van der Waals surface area (Å²) in [6.07, 6.45) is 2.37. The highest BCUT2D eigenvalue weighted by Gasteiger charge is 2.15. The number of rotatable bonds is 9. The molecule has 1 N–H and O–H groups in total. The van der Waals surface area contributed by atoms with E-state index in [1.807, 2.05) is 35.8 Å². The summed E-state index contributed by atoms with van der Waals surface area (Å²) >= 11 is 1.53. The van der Waals surface area contributed by atoms with Gasteiger partial charge in [-0.25, -0.2) is 4.39 Å². The first-order valence-corrected chi connectivity index (χ1v) is 10.7. The molecule has 0 fully saturated rings. The molecular weight excluding hydrogens is 387 g/mol. The van der Waals surface area contributed by atoms with Crippen molar-refractivity contribution in [3.05, 3.63) is 71.3 Å². The molecule has 1 heterocycles. The van der Waals surface area contributed by atoms with E-state index in [1.165, 1.54) is 23.9 Å². The van der Waals surface area contributed by atoms with Crippen LogP contribution in [0.5, 0.6) is 0 Å². The summed E-state index contributed by atoms with van der Waals surface area (Å²) in [4.78, 5) is 12.0. The van der Waals surface area contributed by atoms with Crippen molar-refractivity contribution in [2.45, 2.75) is 50.6 Å². The molecule has 3 rings (SSSR count). The van der Waals surface area contributed by atoms with Crippen molar-refractivity contribution in [1.29, 1.82) is 0 Å². The quantitative estimate of drug-likeness (QED) is 0.512. The first-order valence-electron chi connectivity index (χ1n) is 9.72. The Morgan fingerprint density at radius 1 is 1.10 bits per heavy atom. The van der Waals surface area contributed by atoms with Crippen LogP contribution in [0, 0.1) is 12.7 Å². The van der Waals surface area contributed by atoms with Crippen molar-refractivity contribution in [1.82, 2.24) is 20.1 Å². The molecule has 5 nitrogen and oxygen atoms in total. The Kier molecular flexibility index (Phi) is 7.41. The molecule has 0 saturated carbocycles. The maximum atomic E-state index is 13.1. The van der Waals surface area contributed by atoms with E-state index in [2.05, 4.69) is 22.4 Å². The van der Waals surface area contributed by atoms with E-state index < -0.39 is 0 Å². The molecule has 0 aliphatic carbocycles. The fraction of sp³-hybridized carbons (Fsp3) is 0.318. The van der Waals surface area contributed by atoms with E-state index in [-0.39, 0.29) is 11.7 Å². The molecule has 1 amide bonds. The lowest BCUT2D eigenvalue weighted by molar-refractivity contribution is -0.121. The Balaban J connectivity index is 1.79. The number of carbonyl (C=O) groups excluding carboxylic acids is 1. The van der Waals surface area contributed by atoms with Gasteiger partial charge in [-0.05, 0) is 43.2 Å². The van der Waals surface area contributed by atoms with Crippen molar-refractivity contribution in [2.24, 2.45) is 0 Å². The molecule has 0 unspecified atom stereocenters. The van der Waals surface area contributed by atoms with Gasteiger partial charge in [0.15, 0.2) is 11.0 Å². The molecular formula is C22H25FN4OS. The zero-order chi connectivity index (χ0) is 20.6. The smallest absolute Gasteiger partial charge is 0.220 e. The molecule has 0 aliphatic heterocycles. The second-order valence-corrected chi connectivity index (χ2v) is 7.81. The molecule has 3 aromatic rings. The first-order chi connectivity index (χ1) is 14.1. The minimum atomic E-state index is -0.248. The van der Waals surface area contributed by atoms with Crippen LogP contribution in [0.3, 0.4) is 0 Å². The maximum Gasteiger partial charge on any atom is 0.220 e. The third-order valence-corrected chi connectivity index (χ3v) is 5.47. The Bertz CT molecular complexity index is 938. The number of benzene rings is 2. The second kappa shape index (κ2) is 10.2. The third kappa shape index (κ3) is 5.90. The van der Waals surface area contributed by atoms with Gasteiger partial charge in [0.25, 0.3) is 0 Å². The highest BCUT2D eigenvalue weighted by atomic mass is 32.2. The highest BCUT2D eigenvalue weighted by Crippen LogP contribution is 2.25. The minimum absolute atomic E-state index is 0.0193. The monoisotopic (exact) mass is 412 g/mol. The normalized spacial score (nSPS) is 10.9. The number of hydrogen-bond acceptors (Lipinski definition) is 4. The van der Waals surface area contributed by atoms with E-state index >= 15 is 0 Å². The SMILES string of the molecule is CCCCC(=O)NCc1nnc(SCc2ccc(F)cc2)n1-c1ccc(C)cc1. The summed E-state index contributed by atoms with van der Waals surface area (Å²) in [6, 6.07) is 14.6. The van der Waals surface area contributed by atoms with Gasteiger partial charge in [-0.2, -0.15) is 0 Å². The topological polar surface area (TPSA) is 59.8 Å². The fourth-order valence-corrected chi connectivity index (χ4v) is 3.72. The van der Waals surface area contributed by atoms with Crippen LogP contribution in [0.1, 0.15) is 43.1 Å². The third-order valence-electron chi connectivity index (χ3n) is 4.47. The van der Waals surface area contributed by atoms with Crippen LogP contribution in [0.4, 0.5) is 4.39 Å². The molecule has 7 heteroatoms. The number of halogens is 1. The van der Waals surface area contributed by atoms with E-state index in [9.17, 15) is 9.18 Å². The van der Waals surface area contributed by atoms with Gasteiger partial charge in [-0.15, -0.1) is 10.2 Å². The predicted molar refractivity (Wildman–Crippen MR) is 113 cm³/mol. The number of carbonyl (C=O) groups is 1. The number of nitrogens with one attached hydrogen (secondary N) is 1. The average Bonchev–Trinajstić information content (AvgIpc) is 3.13. The van der Waals surface area contributed by atoms with Gasteiger partial charge in [0.1, 0.15) is 5.82 Å². The largest absolute Gasteiger partial charge is 0.349 e. The van der Waals surface area contributed by atoms with Crippen LogP contribution in [-0.4, -0.2) is 20.7 Å². The zero-order valence-corrected chi connectivity index (χ0v) is 17.5. The molecule has 0 radical (unpaired) electrons. The molecule has 0 saturated heterocycles. The summed E-state index contributed by atoms with van der Waals surface area (Å²) in [5.74, 6) is 1.10. The Morgan fingerprint density at radius 2 is 1.83 bits per heavy atom. The van der Waals surface area contributed by atoms with Crippen molar-refractivity contribution >= 4 is 17.7 Å². The van der Waals surface area contributed by atoms with Crippen molar-refractivity contribution in [2.75, 3.05) is 0 Å². The van der Waals surface area contributed by atoms with Crippen LogP contribution in [0.2, 0.25) is 0 Å². The van der Waals surface area contributed by atoms with E-state index in [1.54, 1.807) is 12.1 Å². The number of aromatic nitrogens is 3. The van der Waals surface area contributed by atoms with Crippen LogP contribution in [0.15, 0.2) is 53.7 Å². The molecule has 29 heavy (non-hydrogen) atoms. The molecule has 0 aliphatic rings. The van der Waals surface area contributed by atoms with Gasteiger partial charge >= 0.3 is 0 Å². The van der Waals surface area contributed by atoms with Gasteiger partial charge in [0.05, 0.1) is 6.54 Å². The lowest BCUT2D eigenvalue weighted by Crippen LogP contribution is -2.24. The van der Waals surface area contributed by atoms with Crippen LogP contribution >= 0.6 is 11.8 Å². The molecule has 0 bridgehead atoms. The lowest BCUT2D eigenvalue weighted by Gasteiger charge is -2.11. The Labute approximate surface area is 174 Å². The van der Waals surface area contributed by atoms with Crippen molar-refractivity contribution in [3.8, 4) is 5.69 Å². The maximum absolute atomic E-state index is 13.1. The molecule has 0 atom stereocenters. The van der Waals surface area contributed by atoms with Crippen LogP contribution in [0.25, 0.3) is 5.69 Å². The lowest BCUT2D eigenvalue weighted by atomic mass is 10.2. The van der Waals surface area contributed by atoms with Crippen LogP contribution < -0.4 is 5.32 Å². The summed E-state index contributed by atoms with van der Waals surface area (Å²) < 4.78 is 15.1. The second-order valence-electron chi connectivity index (χ2n) is 6.87. The number of thioether (sulfide) groups is 1. The van der Waals surface area contributed by atoms with Gasteiger partial charge in [0, 0.05) is 17.9 Å². The highest BCUT2D eigenvalue weighted by molar-refractivity contribution is 7.98. The molecule has 0 spiro atoms. The van der Waals surface area contributed by atoms with Gasteiger partial charge in [-0.3, -0.25) is 9.36 Å². The summed E-state index contributed by atoms with van der Waals surface area (Å²) in [5, 5.41) is 12.3. The predicted octanol–water partition coefficient (Wildman–Crippen LogP) is 4.81. The summed E-state index contributed by atoms with van der Waals surface area (Å²) in [6.45, 7) is 4.42. The first kappa shape index (κ1) is 21.0. The molecule has 1 aromatic heterocycles. The number of hydrogen-bond donors (Lipinski definition) is 1. The zero-order valence-electron chi connectivity index (χ0n) is 16.7. The average molecular weight is 413 g/mol. The molecule has 2 aromatic carbocycles. The van der Waals surface area contributed by atoms with E-state index in [0.29, 0.717) is 24.5 Å². The van der Waals surface area contributed by atoms with Gasteiger partial charge in [-0.1, -0.05) is 54.9 Å². The summed E-state index contributed by atoms with van der Waals surface area (Å²) in [5.41, 5.74) is 3.11. The van der Waals surface area contributed by atoms with E-state index in [4.69, 9.17) is 0 Å². The number of amides is 1. The van der Waals surface area contributed by atoms with Gasteiger partial charge in [0.2, 0.25) is 5.91 Å². The Morgan fingerprint density at radius 3 is 2.52 bits per heavy atom. The van der Waals surface area contributed by atoms with Crippen molar-refractivity contribution in [3.63, 3.8) is 0 Å².